The van der Waals surface area contributed by atoms with E-state index in [-0.39, 0.29) is 5.92 Å². The molecule has 0 spiro atoms. The standard InChI is InChI=1S/C9H15FO2/c1-6(2)9(4,5)12-8(11)7(3)10/h6H,3H2,1-2,4-5H3. The van der Waals surface area contributed by atoms with E-state index in [1.807, 2.05) is 13.8 Å². The van der Waals surface area contributed by atoms with Gasteiger partial charge in [-0.05, 0) is 19.8 Å². The lowest BCUT2D eigenvalue weighted by Crippen LogP contribution is -2.33. The number of rotatable bonds is 3. The lowest BCUT2D eigenvalue weighted by Gasteiger charge is -2.28. The SMILES string of the molecule is C=C(F)C(=O)OC(C)(C)C(C)C. The number of carbonyl (C=O) groups excluding carboxylic acids is 1. The molecule has 0 N–H and O–H groups in total. The Morgan fingerprint density at radius 2 is 1.92 bits per heavy atom. The fourth-order valence-electron chi connectivity index (χ4n) is 0.412. The predicted molar refractivity (Wildman–Crippen MR) is 45.3 cm³/mol. The van der Waals surface area contributed by atoms with Gasteiger partial charge in [0.15, 0.2) is 0 Å². The maximum absolute atomic E-state index is 12.2. The van der Waals surface area contributed by atoms with Gasteiger partial charge in [0.25, 0.3) is 0 Å². The number of carbonyl (C=O) groups is 1. The highest BCUT2D eigenvalue weighted by atomic mass is 19.1. The maximum atomic E-state index is 12.2. The first-order valence-corrected chi connectivity index (χ1v) is 3.85. The first-order valence-electron chi connectivity index (χ1n) is 3.85. The molecule has 0 aliphatic heterocycles. The molecule has 0 atom stereocenters. The molecule has 0 heterocycles. The smallest absolute Gasteiger partial charge is 0.367 e. The Hall–Kier alpha value is -0.860. The van der Waals surface area contributed by atoms with Crippen molar-refractivity contribution in [2.45, 2.75) is 33.3 Å². The van der Waals surface area contributed by atoms with E-state index in [1.165, 1.54) is 0 Å². The molecule has 0 aromatic rings. The van der Waals surface area contributed by atoms with Crippen LogP contribution in [0.5, 0.6) is 0 Å². The topological polar surface area (TPSA) is 26.3 Å². The minimum atomic E-state index is -1.05. The summed E-state index contributed by atoms with van der Waals surface area (Å²) in [6, 6.07) is 0. The Morgan fingerprint density at radius 1 is 1.50 bits per heavy atom. The van der Waals surface area contributed by atoms with Gasteiger partial charge in [0, 0.05) is 0 Å². The zero-order valence-corrected chi connectivity index (χ0v) is 7.98. The summed E-state index contributed by atoms with van der Waals surface area (Å²) in [7, 11) is 0. The van der Waals surface area contributed by atoms with Crippen LogP contribution >= 0.6 is 0 Å². The third-order valence-electron chi connectivity index (χ3n) is 1.97. The van der Waals surface area contributed by atoms with Crippen molar-refractivity contribution in [1.82, 2.24) is 0 Å². The molecule has 12 heavy (non-hydrogen) atoms. The van der Waals surface area contributed by atoms with E-state index in [2.05, 4.69) is 6.58 Å². The van der Waals surface area contributed by atoms with E-state index < -0.39 is 17.4 Å². The molecule has 0 radical (unpaired) electrons. The Balaban J connectivity index is 4.25. The Labute approximate surface area is 72.4 Å². The monoisotopic (exact) mass is 174 g/mol. The van der Waals surface area contributed by atoms with Crippen molar-refractivity contribution in [3.05, 3.63) is 12.4 Å². The molecule has 2 nitrogen and oxygen atoms in total. The van der Waals surface area contributed by atoms with Crippen molar-refractivity contribution in [1.29, 1.82) is 0 Å². The highest BCUT2D eigenvalue weighted by molar-refractivity contribution is 5.85. The largest absolute Gasteiger partial charge is 0.454 e. The first-order chi connectivity index (χ1) is 5.27. The van der Waals surface area contributed by atoms with Gasteiger partial charge < -0.3 is 4.74 Å². The molecular formula is C9H15FO2. The Morgan fingerprint density at radius 3 is 2.17 bits per heavy atom. The van der Waals surface area contributed by atoms with Gasteiger partial charge >= 0.3 is 5.97 Å². The van der Waals surface area contributed by atoms with E-state index in [0.29, 0.717) is 0 Å². The molecule has 3 heteroatoms. The van der Waals surface area contributed by atoms with E-state index in [9.17, 15) is 9.18 Å². The minimum Gasteiger partial charge on any atom is -0.454 e. The molecular weight excluding hydrogens is 159 g/mol. The van der Waals surface area contributed by atoms with E-state index in [4.69, 9.17) is 4.74 Å². The molecule has 0 fully saturated rings. The molecule has 0 aliphatic carbocycles. The van der Waals surface area contributed by atoms with E-state index in [0.717, 1.165) is 0 Å². The van der Waals surface area contributed by atoms with Gasteiger partial charge in [-0.2, -0.15) is 4.39 Å². The van der Waals surface area contributed by atoms with Crippen LogP contribution in [0.15, 0.2) is 12.4 Å². The fourth-order valence-corrected chi connectivity index (χ4v) is 0.412. The fraction of sp³-hybridized carbons (Fsp3) is 0.667. The highest BCUT2D eigenvalue weighted by Crippen LogP contribution is 2.21. The molecule has 0 unspecified atom stereocenters. The maximum Gasteiger partial charge on any atom is 0.367 e. The number of halogens is 1. The number of hydrogen-bond donors (Lipinski definition) is 0. The predicted octanol–water partition coefficient (Wildman–Crippen LogP) is 2.45. The number of ether oxygens (including phenoxy) is 1. The first kappa shape index (κ1) is 11.1. The third-order valence-corrected chi connectivity index (χ3v) is 1.97. The second-order valence-corrected chi connectivity index (χ2v) is 3.55. The molecule has 0 rings (SSSR count). The van der Waals surface area contributed by atoms with Crippen molar-refractivity contribution >= 4 is 5.97 Å². The molecule has 0 aromatic carbocycles. The van der Waals surface area contributed by atoms with Crippen LogP contribution in [0.2, 0.25) is 0 Å². The van der Waals surface area contributed by atoms with Crippen LogP contribution in [0.4, 0.5) is 4.39 Å². The Kier molecular flexibility index (Phi) is 3.43. The van der Waals surface area contributed by atoms with Crippen molar-refractivity contribution in [2.24, 2.45) is 5.92 Å². The quantitative estimate of drug-likeness (QED) is 0.485. The number of hydrogen-bond acceptors (Lipinski definition) is 2. The molecule has 0 saturated heterocycles. The van der Waals surface area contributed by atoms with Crippen molar-refractivity contribution in [2.75, 3.05) is 0 Å². The third kappa shape index (κ3) is 3.03. The normalized spacial score (nSPS) is 11.5. The number of esters is 1. The summed E-state index contributed by atoms with van der Waals surface area (Å²) in [5, 5.41) is 0. The van der Waals surface area contributed by atoms with Crippen LogP contribution in [-0.2, 0) is 9.53 Å². The van der Waals surface area contributed by atoms with Crippen molar-refractivity contribution < 1.29 is 13.9 Å². The van der Waals surface area contributed by atoms with Crippen LogP contribution in [0, 0.1) is 5.92 Å². The van der Waals surface area contributed by atoms with Crippen LogP contribution in [0.25, 0.3) is 0 Å². The molecule has 70 valence electrons. The van der Waals surface area contributed by atoms with Gasteiger partial charge in [0.2, 0.25) is 5.83 Å². The summed E-state index contributed by atoms with van der Waals surface area (Å²) in [6.45, 7) is 10.1. The molecule has 0 bridgehead atoms. The second kappa shape index (κ2) is 3.70. The summed E-state index contributed by atoms with van der Waals surface area (Å²) < 4.78 is 17.1. The van der Waals surface area contributed by atoms with Gasteiger partial charge in [0.1, 0.15) is 5.60 Å². The lowest BCUT2D eigenvalue weighted by atomic mass is 9.95. The molecule has 0 amide bonds. The molecule has 0 saturated carbocycles. The highest BCUT2D eigenvalue weighted by Gasteiger charge is 2.27. The molecule has 0 aliphatic rings. The minimum absolute atomic E-state index is 0.140. The zero-order chi connectivity index (χ0) is 9.94. The lowest BCUT2D eigenvalue weighted by molar-refractivity contribution is -0.157. The molecule has 0 aromatic heterocycles. The Bertz CT molecular complexity index is 195. The van der Waals surface area contributed by atoms with Crippen LogP contribution < -0.4 is 0 Å². The van der Waals surface area contributed by atoms with Gasteiger partial charge in [-0.15, -0.1) is 0 Å². The van der Waals surface area contributed by atoms with Crippen molar-refractivity contribution in [3.63, 3.8) is 0 Å². The summed E-state index contributed by atoms with van der Waals surface area (Å²) in [5.74, 6) is -1.89. The van der Waals surface area contributed by atoms with Gasteiger partial charge in [-0.3, -0.25) is 0 Å². The van der Waals surface area contributed by atoms with E-state index >= 15 is 0 Å². The van der Waals surface area contributed by atoms with Gasteiger partial charge in [0.05, 0.1) is 0 Å². The zero-order valence-electron chi connectivity index (χ0n) is 7.98. The summed E-state index contributed by atoms with van der Waals surface area (Å²) >= 11 is 0. The van der Waals surface area contributed by atoms with Gasteiger partial charge in [-0.25, -0.2) is 4.79 Å². The van der Waals surface area contributed by atoms with Crippen LogP contribution in [0.1, 0.15) is 27.7 Å². The average molecular weight is 174 g/mol. The average Bonchev–Trinajstić information content (AvgIpc) is 1.85. The second-order valence-electron chi connectivity index (χ2n) is 3.55. The van der Waals surface area contributed by atoms with Gasteiger partial charge in [-0.1, -0.05) is 20.4 Å². The summed E-state index contributed by atoms with van der Waals surface area (Å²) in [6.07, 6.45) is 0. The van der Waals surface area contributed by atoms with Crippen LogP contribution in [-0.4, -0.2) is 11.6 Å². The summed E-state index contributed by atoms with van der Waals surface area (Å²) in [5.41, 5.74) is -0.647. The van der Waals surface area contributed by atoms with Crippen molar-refractivity contribution in [3.8, 4) is 0 Å². The summed E-state index contributed by atoms with van der Waals surface area (Å²) in [4.78, 5) is 10.8. The van der Waals surface area contributed by atoms with Crippen LogP contribution in [0.3, 0.4) is 0 Å². The van der Waals surface area contributed by atoms with E-state index in [1.54, 1.807) is 13.8 Å².